The minimum atomic E-state index is 0.0865. The maximum Gasteiger partial charge on any atom is 0.141 e. The molecule has 21 heavy (non-hydrogen) atoms. The van der Waals surface area contributed by atoms with E-state index in [9.17, 15) is 5.11 Å². The number of hydrogen-bond acceptors (Lipinski definition) is 2. The van der Waals surface area contributed by atoms with Gasteiger partial charge in [-0.25, -0.2) is 4.98 Å². The number of phenols is 1. The number of fused-ring (bicyclic) bond motifs is 1. The second kappa shape index (κ2) is 5.08. The molecule has 0 unspecified atom stereocenters. The molecule has 0 saturated heterocycles. The first-order valence-corrected chi connectivity index (χ1v) is 7.32. The number of imidazole rings is 1. The van der Waals surface area contributed by atoms with Gasteiger partial charge in [-0.2, -0.15) is 0 Å². The first kappa shape index (κ1) is 14.0. The van der Waals surface area contributed by atoms with E-state index in [-0.39, 0.29) is 11.8 Å². The molecule has 0 bridgehead atoms. The van der Waals surface area contributed by atoms with Gasteiger partial charge in [0.05, 0.1) is 16.1 Å². The number of aromatic nitrogens is 2. The molecule has 0 saturated carbocycles. The summed E-state index contributed by atoms with van der Waals surface area (Å²) in [6.07, 6.45) is 0. The fraction of sp³-hybridized carbons (Fsp3) is 0.235. The molecule has 1 aromatic heterocycles. The van der Waals surface area contributed by atoms with Crippen LogP contribution in [0.15, 0.2) is 36.4 Å². The van der Waals surface area contributed by atoms with E-state index in [0.29, 0.717) is 5.02 Å². The van der Waals surface area contributed by atoms with Crippen molar-refractivity contribution in [1.29, 1.82) is 0 Å². The monoisotopic (exact) mass is 300 g/mol. The lowest BCUT2D eigenvalue weighted by atomic mass is 10.2. The summed E-state index contributed by atoms with van der Waals surface area (Å²) >= 11 is 6.03. The summed E-state index contributed by atoms with van der Waals surface area (Å²) in [6.45, 7) is 6.32. The topological polar surface area (TPSA) is 38.1 Å². The zero-order valence-electron chi connectivity index (χ0n) is 12.3. The third-order valence-corrected chi connectivity index (χ3v) is 3.87. The van der Waals surface area contributed by atoms with E-state index in [1.54, 1.807) is 12.1 Å². The molecule has 1 N–H and O–H groups in total. The molecule has 0 aliphatic heterocycles. The van der Waals surface area contributed by atoms with Crippen molar-refractivity contribution in [2.75, 3.05) is 0 Å². The van der Waals surface area contributed by atoms with Gasteiger partial charge < -0.3 is 9.67 Å². The molecule has 0 radical (unpaired) electrons. The Bertz CT molecular complexity index is 821. The third kappa shape index (κ3) is 2.38. The number of aromatic hydroxyl groups is 1. The average Bonchev–Trinajstić information content (AvgIpc) is 2.80. The Morgan fingerprint density at radius 2 is 1.90 bits per heavy atom. The highest BCUT2D eigenvalue weighted by molar-refractivity contribution is 6.32. The van der Waals surface area contributed by atoms with Gasteiger partial charge in [0.2, 0.25) is 0 Å². The zero-order valence-corrected chi connectivity index (χ0v) is 13.0. The van der Waals surface area contributed by atoms with Crippen molar-refractivity contribution in [3.63, 3.8) is 0 Å². The van der Waals surface area contributed by atoms with Crippen molar-refractivity contribution in [3.8, 4) is 17.1 Å². The molecular formula is C17H17ClN2O. The predicted octanol–water partition coefficient (Wildman–Crippen LogP) is 4.95. The number of aryl methyl sites for hydroxylation is 1. The van der Waals surface area contributed by atoms with Gasteiger partial charge in [0, 0.05) is 11.6 Å². The fourth-order valence-corrected chi connectivity index (χ4v) is 2.76. The lowest BCUT2D eigenvalue weighted by Crippen LogP contribution is -2.03. The van der Waals surface area contributed by atoms with Crippen LogP contribution in [0.2, 0.25) is 5.02 Å². The molecule has 1 heterocycles. The number of benzene rings is 2. The second-order valence-electron chi connectivity index (χ2n) is 5.56. The van der Waals surface area contributed by atoms with E-state index in [2.05, 4.69) is 43.5 Å². The molecule has 3 nitrogen and oxygen atoms in total. The number of hydrogen-bond donors (Lipinski definition) is 1. The smallest absolute Gasteiger partial charge is 0.141 e. The Balaban J connectivity index is 2.30. The molecule has 0 aliphatic rings. The van der Waals surface area contributed by atoms with Crippen LogP contribution in [0.25, 0.3) is 22.4 Å². The SMILES string of the molecule is Cc1ccc2c(c1)nc(-c1ccc(O)c(Cl)c1)n2C(C)C. The van der Waals surface area contributed by atoms with Gasteiger partial charge in [-0.05, 0) is 56.7 Å². The fourth-order valence-electron chi connectivity index (χ4n) is 2.58. The van der Waals surface area contributed by atoms with Crippen molar-refractivity contribution in [2.45, 2.75) is 26.8 Å². The van der Waals surface area contributed by atoms with Gasteiger partial charge in [-0.3, -0.25) is 0 Å². The molecule has 0 amide bonds. The second-order valence-corrected chi connectivity index (χ2v) is 5.96. The van der Waals surface area contributed by atoms with Crippen LogP contribution in [0.1, 0.15) is 25.5 Å². The van der Waals surface area contributed by atoms with Gasteiger partial charge in [-0.15, -0.1) is 0 Å². The number of rotatable bonds is 2. The Hall–Kier alpha value is -2.00. The van der Waals surface area contributed by atoms with E-state index >= 15 is 0 Å². The van der Waals surface area contributed by atoms with Gasteiger partial charge in [0.25, 0.3) is 0 Å². The van der Waals surface area contributed by atoms with Crippen molar-refractivity contribution < 1.29 is 5.11 Å². The van der Waals surface area contributed by atoms with Crippen LogP contribution in [0.4, 0.5) is 0 Å². The molecule has 0 spiro atoms. The molecule has 3 aromatic rings. The summed E-state index contributed by atoms with van der Waals surface area (Å²) in [5, 5.41) is 9.93. The normalized spacial score (nSPS) is 11.5. The summed E-state index contributed by atoms with van der Waals surface area (Å²) in [6, 6.07) is 11.8. The molecule has 0 atom stereocenters. The number of nitrogens with zero attached hydrogens (tertiary/aromatic N) is 2. The van der Waals surface area contributed by atoms with E-state index < -0.39 is 0 Å². The highest BCUT2D eigenvalue weighted by atomic mass is 35.5. The molecule has 0 fully saturated rings. The van der Waals surface area contributed by atoms with Crippen LogP contribution < -0.4 is 0 Å². The first-order valence-electron chi connectivity index (χ1n) is 6.95. The van der Waals surface area contributed by atoms with Gasteiger partial charge in [-0.1, -0.05) is 17.7 Å². The van der Waals surface area contributed by atoms with Crippen LogP contribution in [0, 0.1) is 6.92 Å². The summed E-state index contributed by atoms with van der Waals surface area (Å²) in [5.74, 6) is 0.955. The Labute approximate surface area is 128 Å². The van der Waals surface area contributed by atoms with Crippen molar-refractivity contribution in [3.05, 3.63) is 47.0 Å². The lowest BCUT2D eigenvalue weighted by molar-refractivity contribution is 0.475. The molecule has 4 heteroatoms. The molecule has 2 aromatic carbocycles. The van der Waals surface area contributed by atoms with E-state index in [1.165, 1.54) is 5.56 Å². The highest BCUT2D eigenvalue weighted by Gasteiger charge is 2.15. The van der Waals surface area contributed by atoms with Crippen LogP contribution in [0.3, 0.4) is 0 Å². The van der Waals surface area contributed by atoms with E-state index in [4.69, 9.17) is 16.6 Å². The first-order chi connectivity index (χ1) is 9.97. The zero-order chi connectivity index (χ0) is 15.1. The molecular weight excluding hydrogens is 284 g/mol. The van der Waals surface area contributed by atoms with Crippen LogP contribution in [-0.4, -0.2) is 14.7 Å². The minimum absolute atomic E-state index is 0.0865. The van der Waals surface area contributed by atoms with Crippen LogP contribution in [0.5, 0.6) is 5.75 Å². The Morgan fingerprint density at radius 1 is 1.14 bits per heavy atom. The highest BCUT2D eigenvalue weighted by Crippen LogP contribution is 2.33. The summed E-state index contributed by atoms with van der Waals surface area (Å²) in [5.41, 5.74) is 4.17. The van der Waals surface area contributed by atoms with Gasteiger partial charge >= 0.3 is 0 Å². The molecule has 3 rings (SSSR count). The Kier molecular flexibility index (Phi) is 3.38. The number of halogens is 1. The van der Waals surface area contributed by atoms with Gasteiger partial charge in [0.15, 0.2) is 0 Å². The van der Waals surface area contributed by atoms with E-state index in [1.807, 2.05) is 6.07 Å². The largest absolute Gasteiger partial charge is 0.506 e. The van der Waals surface area contributed by atoms with E-state index in [0.717, 1.165) is 22.4 Å². The summed E-state index contributed by atoms with van der Waals surface area (Å²) < 4.78 is 2.19. The van der Waals surface area contributed by atoms with Crippen molar-refractivity contribution in [2.24, 2.45) is 0 Å². The molecule has 0 aliphatic carbocycles. The van der Waals surface area contributed by atoms with Crippen LogP contribution >= 0.6 is 11.6 Å². The predicted molar refractivity (Wildman–Crippen MR) is 87.0 cm³/mol. The minimum Gasteiger partial charge on any atom is -0.506 e. The quantitative estimate of drug-likeness (QED) is 0.727. The summed E-state index contributed by atoms with van der Waals surface area (Å²) in [7, 11) is 0. The maximum atomic E-state index is 9.59. The van der Waals surface area contributed by atoms with Crippen LogP contribution in [-0.2, 0) is 0 Å². The lowest BCUT2D eigenvalue weighted by Gasteiger charge is -2.13. The van der Waals surface area contributed by atoms with Crippen molar-refractivity contribution in [1.82, 2.24) is 9.55 Å². The average molecular weight is 301 g/mol. The van der Waals surface area contributed by atoms with Crippen molar-refractivity contribution >= 4 is 22.6 Å². The standard InChI is InChI=1S/C17H17ClN2O/c1-10(2)20-15-6-4-11(3)8-14(15)19-17(20)12-5-7-16(21)13(18)9-12/h4-10,21H,1-3H3. The number of phenolic OH excluding ortho intramolecular Hbond substituents is 1. The van der Waals surface area contributed by atoms with Gasteiger partial charge in [0.1, 0.15) is 11.6 Å². The summed E-state index contributed by atoms with van der Waals surface area (Å²) in [4.78, 5) is 4.76. The molecule has 108 valence electrons. The Morgan fingerprint density at radius 3 is 2.57 bits per heavy atom. The maximum absolute atomic E-state index is 9.59. The third-order valence-electron chi connectivity index (χ3n) is 3.57.